The van der Waals surface area contributed by atoms with Crippen molar-refractivity contribution < 1.29 is 9.26 Å². The molecule has 1 atom stereocenters. The largest absolute Gasteiger partial charge is 0.378 e. The molecule has 1 unspecified atom stereocenters. The average molecular weight is 363 g/mol. The molecule has 0 aromatic carbocycles. The van der Waals surface area contributed by atoms with Gasteiger partial charge in [0.25, 0.3) is 0 Å². The summed E-state index contributed by atoms with van der Waals surface area (Å²) < 4.78 is 11.0. The first-order valence-corrected chi connectivity index (χ1v) is 9.87. The van der Waals surface area contributed by atoms with Gasteiger partial charge in [-0.1, -0.05) is 19.0 Å². The highest BCUT2D eigenvalue weighted by molar-refractivity contribution is 7.15. The normalized spacial score (nSPS) is 22.2. The van der Waals surface area contributed by atoms with Gasteiger partial charge in [0, 0.05) is 36.6 Å². The van der Waals surface area contributed by atoms with Gasteiger partial charge in [-0.3, -0.25) is 4.90 Å². The maximum atomic E-state index is 5.54. The van der Waals surface area contributed by atoms with E-state index in [2.05, 4.69) is 38.8 Å². The standard InChI is InChI=1S/C17H25N5O2S/c1-12(2)15-19-16(24-20-15)14-4-3-5-22(14)11-13-10-18-17(25-13)21-6-8-23-9-7-21/h10,12,14H,3-9,11H2,1-2H3. The Morgan fingerprint density at radius 3 is 2.88 bits per heavy atom. The summed E-state index contributed by atoms with van der Waals surface area (Å²) >= 11 is 1.78. The van der Waals surface area contributed by atoms with Crippen LogP contribution in [-0.2, 0) is 11.3 Å². The van der Waals surface area contributed by atoms with Crippen molar-refractivity contribution in [3.05, 3.63) is 22.8 Å². The molecule has 0 aliphatic carbocycles. The predicted molar refractivity (Wildman–Crippen MR) is 95.9 cm³/mol. The van der Waals surface area contributed by atoms with E-state index in [-0.39, 0.29) is 6.04 Å². The van der Waals surface area contributed by atoms with Crippen molar-refractivity contribution in [2.75, 3.05) is 37.7 Å². The molecule has 0 spiro atoms. The zero-order chi connectivity index (χ0) is 17.2. The van der Waals surface area contributed by atoms with Crippen LogP contribution in [0.3, 0.4) is 0 Å². The van der Waals surface area contributed by atoms with E-state index in [1.807, 2.05) is 6.20 Å². The summed E-state index contributed by atoms with van der Waals surface area (Å²) in [4.78, 5) is 15.3. The molecule has 0 bridgehead atoms. The van der Waals surface area contributed by atoms with Crippen molar-refractivity contribution in [3.63, 3.8) is 0 Å². The molecule has 2 aromatic rings. The van der Waals surface area contributed by atoms with Crippen LogP contribution in [0, 0.1) is 0 Å². The van der Waals surface area contributed by atoms with Gasteiger partial charge in [-0.25, -0.2) is 4.98 Å². The number of ether oxygens (including phenoxy) is 1. The van der Waals surface area contributed by atoms with E-state index in [0.29, 0.717) is 5.92 Å². The molecule has 2 saturated heterocycles. The van der Waals surface area contributed by atoms with Gasteiger partial charge >= 0.3 is 0 Å². The second-order valence-electron chi connectivity index (χ2n) is 6.98. The van der Waals surface area contributed by atoms with Crippen LogP contribution in [0.1, 0.15) is 55.2 Å². The molecule has 0 N–H and O–H groups in total. The van der Waals surface area contributed by atoms with Gasteiger partial charge in [-0.15, -0.1) is 11.3 Å². The third-order valence-corrected chi connectivity index (χ3v) is 5.85. The number of aromatic nitrogens is 3. The molecule has 8 heteroatoms. The Balaban J connectivity index is 1.43. The summed E-state index contributed by atoms with van der Waals surface area (Å²) in [7, 11) is 0. The lowest BCUT2D eigenvalue weighted by Gasteiger charge is -2.26. The van der Waals surface area contributed by atoms with Gasteiger partial charge < -0.3 is 14.2 Å². The van der Waals surface area contributed by atoms with Crippen molar-refractivity contribution >= 4 is 16.5 Å². The number of hydrogen-bond donors (Lipinski definition) is 0. The Morgan fingerprint density at radius 2 is 2.12 bits per heavy atom. The maximum absolute atomic E-state index is 5.54. The van der Waals surface area contributed by atoms with Gasteiger partial charge in [-0.05, 0) is 19.4 Å². The Bertz CT molecular complexity index is 695. The molecule has 2 aromatic heterocycles. The fraction of sp³-hybridized carbons (Fsp3) is 0.706. The maximum Gasteiger partial charge on any atom is 0.244 e. The van der Waals surface area contributed by atoms with Crippen LogP contribution in [0.4, 0.5) is 5.13 Å². The minimum Gasteiger partial charge on any atom is -0.378 e. The Labute approximate surface area is 152 Å². The minimum atomic E-state index is 0.230. The van der Waals surface area contributed by atoms with Crippen LogP contribution < -0.4 is 4.90 Å². The summed E-state index contributed by atoms with van der Waals surface area (Å²) in [5, 5.41) is 5.23. The highest BCUT2D eigenvalue weighted by Crippen LogP contribution is 2.34. The monoisotopic (exact) mass is 363 g/mol. The summed E-state index contributed by atoms with van der Waals surface area (Å²) in [5.41, 5.74) is 0. The molecule has 0 saturated carbocycles. The Morgan fingerprint density at radius 1 is 1.28 bits per heavy atom. The summed E-state index contributed by atoms with van der Waals surface area (Å²) in [6.45, 7) is 9.58. The van der Waals surface area contributed by atoms with Crippen molar-refractivity contribution in [1.29, 1.82) is 0 Å². The topological polar surface area (TPSA) is 67.5 Å². The van der Waals surface area contributed by atoms with Gasteiger partial charge in [0.2, 0.25) is 5.89 Å². The second kappa shape index (κ2) is 7.39. The van der Waals surface area contributed by atoms with Crippen molar-refractivity contribution in [3.8, 4) is 0 Å². The average Bonchev–Trinajstić information content (AvgIpc) is 3.36. The fourth-order valence-electron chi connectivity index (χ4n) is 3.38. The van der Waals surface area contributed by atoms with Crippen molar-refractivity contribution in [1.82, 2.24) is 20.0 Å². The lowest BCUT2D eigenvalue weighted by molar-refractivity contribution is 0.122. The second-order valence-corrected chi connectivity index (χ2v) is 8.08. The van der Waals surface area contributed by atoms with Crippen LogP contribution in [-0.4, -0.2) is 52.9 Å². The molecule has 2 aliphatic rings. The summed E-state index contributed by atoms with van der Waals surface area (Å²) in [5.74, 6) is 1.86. The molecule has 25 heavy (non-hydrogen) atoms. The van der Waals surface area contributed by atoms with Gasteiger partial charge in [-0.2, -0.15) is 4.98 Å². The van der Waals surface area contributed by atoms with Crippen LogP contribution >= 0.6 is 11.3 Å². The lowest BCUT2D eigenvalue weighted by atomic mass is 10.2. The number of thiazole rings is 1. The number of likely N-dealkylation sites (tertiary alicyclic amines) is 1. The van der Waals surface area contributed by atoms with E-state index < -0.39 is 0 Å². The number of anilines is 1. The fourth-order valence-corrected chi connectivity index (χ4v) is 4.37. The zero-order valence-electron chi connectivity index (χ0n) is 14.8. The highest BCUT2D eigenvalue weighted by Gasteiger charge is 2.31. The van der Waals surface area contributed by atoms with Crippen LogP contribution in [0.5, 0.6) is 0 Å². The third-order valence-electron chi connectivity index (χ3n) is 4.80. The molecule has 0 radical (unpaired) electrons. The number of rotatable bonds is 5. The smallest absolute Gasteiger partial charge is 0.244 e. The first kappa shape index (κ1) is 16.9. The van der Waals surface area contributed by atoms with E-state index in [1.54, 1.807) is 11.3 Å². The van der Waals surface area contributed by atoms with E-state index in [1.165, 1.54) is 11.3 Å². The molecule has 2 fully saturated rings. The van der Waals surface area contributed by atoms with Gasteiger partial charge in [0.1, 0.15) is 0 Å². The number of nitrogens with zero attached hydrogens (tertiary/aromatic N) is 5. The van der Waals surface area contributed by atoms with Crippen LogP contribution in [0.25, 0.3) is 0 Å². The third kappa shape index (κ3) is 3.70. The highest BCUT2D eigenvalue weighted by atomic mass is 32.1. The number of morpholine rings is 1. The molecular formula is C17H25N5O2S. The quantitative estimate of drug-likeness (QED) is 0.809. The van der Waals surface area contributed by atoms with Crippen molar-refractivity contribution in [2.24, 2.45) is 0 Å². The van der Waals surface area contributed by atoms with E-state index >= 15 is 0 Å². The van der Waals surface area contributed by atoms with E-state index in [9.17, 15) is 0 Å². The molecule has 7 nitrogen and oxygen atoms in total. The molecule has 4 rings (SSSR count). The van der Waals surface area contributed by atoms with Crippen molar-refractivity contribution in [2.45, 2.75) is 45.2 Å². The van der Waals surface area contributed by atoms with Crippen LogP contribution in [0.2, 0.25) is 0 Å². The van der Waals surface area contributed by atoms with E-state index in [0.717, 1.165) is 62.7 Å². The first-order chi connectivity index (χ1) is 12.2. The molecule has 2 aliphatic heterocycles. The first-order valence-electron chi connectivity index (χ1n) is 9.05. The number of hydrogen-bond acceptors (Lipinski definition) is 8. The summed E-state index contributed by atoms with van der Waals surface area (Å²) in [6.07, 6.45) is 4.26. The zero-order valence-corrected chi connectivity index (χ0v) is 15.7. The Kier molecular flexibility index (Phi) is 5.00. The van der Waals surface area contributed by atoms with Gasteiger partial charge in [0.05, 0.1) is 19.3 Å². The molecule has 4 heterocycles. The SMILES string of the molecule is CC(C)c1noc(C2CCCN2Cc2cnc(N3CCOCC3)s2)n1. The minimum absolute atomic E-state index is 0.230. The molecular weight excluding hydrogens is 338 g/mol. The molecule has 0 amide bonds. The lowest BCUT2D eigenvalue weighted by Crippen LogP contribution is -2.36. The Hall–Kier alpha value is -1.51. The molecule has 136 valence electrons. The predicted octanol–water partition coefficient (Wildman–Crippen LogP) is 2.82. The van der Waals surface area contributed by atoms with E-state index in [4.69, 9.17) is 9.26 Å². The van der Waals surface area contributed by atoms with Gasteiger partial charge in [0.15, 0.2) is 11.0 Å². The van der Waals surface area contributed by atoms with Crippen LogP contribution in [0.15, 0.2) is 10.7 Å². The summed E-state index contributed by atoms with van der Waals surface area (Å²) in [6, 6.07) is 0.230.